The van der Waals surface area contributed by atoms with Gasteiger partial charge >= 0.3 is 0 Å². The van der Waals surface area contributed by atoms with Gasteiger partial charge in [0.1, 0.15) is 0 Å². The Morgan fingerprint density at radius 2 is 1.72 bits per heavy atom. The quantitative estimate of drug-likeness (QED) is 0.393. The first kappa shape index (κ1) is 23.3. The smallest absolute Gasteiger partial charge is 0.248 e. The first-order valence-electron chi connectivity index (χ1n) is 10.5. The van der Waals surface area contributed by atoms with E-state index in [1.54, 1.807) is 11.0 Å². The molecular formula is C24H27N5O2S. The van der Waals surface area contributed by atoms with Gasteiger partial charge in [0.25, 0.3) is 0 Å². The Morgan fingerprint density at radius 1 is 1.03 bits per heavy atom. The molecule has 1 aromatic heterocycles. The highest BCUT2D eigenvalue weighted by Gasteiger charge is 2.15. The molecule has 1 N–H and O–H groups in total. The Balaban J connectivity index is 1.60. The number of nitrogens with one attached hydrogen (secondary N) is 1. The number of aromatic nitrogens is 3. The van der Waals surface area contributed by atoms with E-state index in [4.69, 9.17) is 0 Å². The Bertz CT molecular complexity index is 1070. The monoisotopic (exact) mass is 449 g/mol. The van der Waals surface area contributed by atoms with Crippen molar-refractivity contribution in [3.63, 3.8) is 0 Å². The zero-order chi connectivity index (χ0) is 22.9. The lowest BCUT2D eigenvalue weighted by atomic mass is 10.2. The van der Waals surface area contributed by atoms with Crippen LogP contribution < -0.4 is 5.32 Å². The molecule has 0 fully saturated rings. The van der Waals surface area contributed by atoms with E-state index in [0.717, 1.165) is 11.1 Å². The number of rotatable bonds is 9. The molecule has 3 aromatic rings. The standard InChI is InChI=1S/C24H27N5O2S/c1-4-29(5-2)22(31)17-32-24-27-26-23(28(24)3)19-12-14-20(15-13-19)25-21(30)16-11-18-9-7-6-8-10-18/h6-16H,4-5,17H2,1-3H3,(H,25,30). The van der Waals surface area contributed by atoms with Crippen LogP contribution >= 0.6 is 11.8 Å². The number of hydrogen-bond donors (Lipinski definition) is 1. The van der Waals surface area contributed by atoms with E-state index in [-0.39, 0.29) is 11.8 Å². The van der Waals surface area contributed by atoms with Gasteiger partial charge < -0.3 is 14.8 Å². The van der Waals surface area contributed by atoms with Crippen LogP contribution in [0.5, 0.6) is 0 Å². The van der Waals surface area contributed by atoms with Crippen molar-refractivity contribution >= 4 is 35.3 Å². The van der Waals surface area contributed by atoms with Gasteiger partial charge in [0.15, 0.2) is 11.0 Å². The van der Waals surface area contributed by atoms with Crippen LogP contribution in [-0.4, -0.2) is 50.3 Å². The molecule has 1 heterocycles. The van der Waals surface area contributed by atoms with E-state index >= 15 is 0 Å². The second kappa shape index (κ2) is 11.3. The topological polar surface area (TPSA) is 80.1 Å². The minimum atomic E-state index is -0.197. The summed E-state index contributed by atoms with van der Waals surface area (Å²) in [5.41, 5.74) is 2.53. The largest absolute Gasteiger partial charge is 0.343 e. The summed E-state index contributed by atoms with van der Waals surface area (Å²) in [6, 6.07) is 17.1. The van der Waals surface area contributed by atoms with Crippen LogP contribution in [0.4, 0.5) is 5.69 Å². The molecule has 2 aromatic carbocycles. The maximum atomic E-state index is 12.2. The first-order chi connectivity index (χ1) is 15.5. The zero-order valence-corrected chi connectivity index (χ0v) is 19.3. The molecule has 0 spiro atoms. The summed E-state index contributed by atoms with van der Waals surface area (Å²) in [6.45, 7) is 5.34. The van der Waals surface area contributed by atoms with Crippen molar-refractivity contribution in [1.29, 1.82) is 0 Å². The van der Waals surface area contributed by atoms with E-state index < -0.39 is 0 Å². The number of hydrogen-bond acceptors (Lipinski definition) is 5. The Kier molecular flexibility index (Phi) is 8.21. The minimum absolute atomic E-state index is 0.0889. The third kappa shape index (κ3) is 6.07. The molecule has 32 heavy (non-hydrogen) atoms. The highest BCUT2D eigenvalue weighted by atomic mass is 32.2. The van der Waals surface area contributed by atoms with E-state index in [1.165, 1.54) is 17.8 Å². The maximum Gasteiger partial charge on any atom is 0.248 e. The van der Waals surface area contributed by atoms with Gasteiger partial charge in [0.05, 0.1) is 5.75 Å². The van der Waals surface area contributed by atoms with Crippen LogP contribution in [0.15, 0.2) is 65.8 Å². The molecule has 8 heteroatoms. The van der Waals surface area contributed by atoms with Gasteiger partial charge in [-0.2, -0.15) is 0 Å². The Hall–Kier alpha value is -3.39. The molecule has 0 aliphatic rings. The Labute approximate surface area is 192 Å². The maximum absolute atomic E-state index is 12.2. The average molecular weight is 450 g/mol. The minimum Gasteiger partial charge on any atom is -0.343 e. The fourth-order valence-electron chi connectivity index (χ4n) is 3.11. The van der Waals surface area contributed by atoms with Crippen LogP contribution in [0.2, 0.25) is 0 Å². The van der Waals surface area contributed by atoms with Crippen LogP contribution in [-0.2, 0) is 16.6 Å². The summed E-state index contributed by atoms with van der Waals surface area (Å²) in [5, 5.41) is 12.0. The number of anilines is 1. The van der Waals surface area contributed by atoms with E-state index in [1.807, 2.05) is 80.1 Å². The lowest BCUT2D eigenvalue weighted by Gasteiger charge is -2.17. The summed E-state index contributed by atoms with van der Waals surface area (Å²) in [4.78, 5) is 26.2. The number of carbonyl (C=O) groups is 2. The number of benzene rings is 2. The van der Waals surface area contributed by atoms with Crippen molar-refractivity contribution in [3.8, 4) is 11.4 Å². The summed E-state index contributed by atoms with van der Waals surface area (Å²) in [6.07, 6.45) is 3.28. The predicted octanol–water partition coefficient (Wildman–Crippen LogP) is 4.09. The summed E-state index contributed by atoms with van der Waals surface area (Å²) in [5.74, 6) is 0.919. The van der Waals surface area contributed by atoms with Gasteiger partial charge in [0.2, 0.25) is 11.8 Å². The van der Waals surface area contributed by atoms with Gasteiger partial charge in [-0.3, -0.25) is 9.59 Å². The van der Waals surface area contributed by atoms with Gasteiger partial charge in [-0.25, -0.2) is 0 Å². The molecule has 0 bridgehead atoms. The molecular weight excluding hydrogens is 422 g/mol. The van der Waals surface area contributed by atoms with E-state index in [2.05, 4.69) is 15.5 Å². The fourth-order valence-corrected chi connectivity index (χ4v) is 3.92. The lowest BCUT2D eigenvalue weighted by molar-refractivity contribution is -0.128. The van der Waals surface area contributed by atoms with Crippen molar-refractivity contribution in [2.45, 2.75) is 19.0 Å². The molecule has 0 aliphatic heterocycles. The van der Waals surface area contributed by atoms with Crippen molar-refractivity contribution in [2.24, 2.45) is 7.05 Å². The van der Waals surface area contributed by atoms with Crippen LogP contribution in [0.1, 0.15) is 19.4 Å². The molecule has 0 saturated heterocycles. The van der Waals surface area contributed by atoms with Gasteiger partial charge in [0, 0.05) is 37.5 Å². The third-order valence-corrected chi connectivity index (χ3v) is 5.92. The molecule has 0 radical (unpaired) electrons. The fraction of sp³-hybridized carbons (Fsp3) is 0.250. The Morgan fingerprint density at radius 3 is 2.38 bits per heavy atom. The molecule has 0 unspecified atom stereocenters. The number of nitrogens with zero attached hydrogens (tertiary/aromatic N) is 4. The second-order valence-electron chi connectivity index (χ2n) is 7.03. The summed E-state index contributed by atoms with van der Waals surface area (Å²) in [7, 11) is 1.88. The summed E-state index contributed by atoms with van der Waals surface area (Å²) < 4.78 is 1.87. The van der Waals surface area contributed by atoms with Crippen LogP contribution in [0.25, 0.3) is 17.5 Å². The van der Waals surface area contributed by atoms with Gasteiger partial charge in [-0.1, -0.05) is 42.1 Å². The van der Waals surface area contributed by atoms with Crippen LogP contribution in [0, 0.1) is 0 Å². The molecule has 0 atom stereocenters. The van der Waals surface area contributed by atoms with Crippen LogP contribution in [0.3, 0.4) is 0 Å². The van der Waals surface area contributed by atoms with Crippen molar-refractivity contribution in [2.75, 3.05) is 24.2 Å². The molecule has 2 amide bonds. The van der Waals surface area contributed by atoms with E-state index in [9.17, 15) is 9.59 Å². The normalized spacial score (nSPS) is 11.0. The van der Waals surface area contributed by atoms with Crippen molar-refractivity contribution in [3.05, 3.63) is 66.2 Å². The van der Waals surface area contributed by atoms with Gasteiger partial charge in [-0.15, -0.1) is 10.2 Å². The highest BCUT2D eigenvalue weighted by molar-refractivity contribution is 7.99. The second-order valence-corrected chi connectivity index (χ2v) is 7.97. The third-order valence-electron chi connectivity index (χ3n) is 4.91. The average Bonchev–Trinajstić information content (AvgIpc) is 3.18. The number of amides is 2. The van der Waals surface area contributed by atoms with Crippen molar-refractivity contribution in [1.82, 2.24) is 19.7 Å². The molecule has 0 saturated carbocycles. The summed E-state index contributed by atoms with van der Waals surface area (Å²) >= 11 is 1.38. The SMILES string of the molecule is CCN(CC)C(=O)CSc1nnc(-c2ccc(NC(=O)C=Cc3ccccc3)cc2)n1C. The van der Waals surface area contributed by atoms with Crippen molar-refractivity contribution < 1.29 is 9.59 Å². The number of carbonyl (C=O) groups excluding carboxylic acids is 2. The molecule has 0 aliphatic carbocycles. The van der Waals surface area contributed by atoms with E-state index in [0.29, 0.717) is 35.5 Å². The zero-order valence-electron chi connectivity index (χ0n) is 18.5. The number of thioether (sulfide) groups is 1. The lowest BCUT2D eigenvalue weighted by Crippen LogP contribution is -2.31. The van der Waals surface area contributed by atoms with Gasteiger partial charge in [-0.05, 0) is 49.8 Å². The highest BCUT2D eigenvalue weighted by Crippen LogP contribution is 2.24. The molecule has 3 rings (SSSR count). The first-order valence-corrected chi connectivity index (χ1v) is 11.4. The predicted molar refractivity (Wildman–Crippen MR) is 129 cm³/mol. The molecule has 7 nitrogen and oxygen atoms in total. The molecule has 166 valence electrons.